The molecule has 0 aliphatic carbocycles. The third kappa shape index (κ3) is 3.99. The second kappa shape index (κ2) is 8.83. The maximum atomic E-state index is 13.5. The molecule has 4 heterocycles. The number of nitrogens with zero attached hydrogens (tertiary/aromatic N) is 3. The molecule has 174 valence electrons. The van der Waals surface area contributed by atoms with Crippen LogP contribution < -0.4 is 21.2 Å². The average Bonchev–Trinajstić information content (AvgIpc) is 3.35. The number of aryl methyl sites for hydroxylation is 1. The quantitative estimate of drug-likeness (QED) is 0.349. The van der Waals surface area contributed by atoms with E-state index >= 15 is 0 Å². The molecule has 1 atom stereocenters. The van der Waals surface area contributed by atoms with Crippen molar-refractivity contribution in [3.05, 3.63) is 81.5 Å². The minimum atomic E-state index is -0.392. The number of nitrogens with one attached hydrogen (secondary N) is 1. The molecule has 9 heteroatoms. The molecule has 1 aromatic carbocycles. The van der Waals surface area contributed by atoms with Crippen LogP contribution in [0.5, 0.6) is 0 Å². The van der Waals surface area contributed by atoms with Gasteiger partial charge in [0.15, 0.2) is 0 Å². The van der Waals surface area contributed by atoms with Crippen molar-refractivity contribution in [1.29, 1.82) is 0 Å². The maximum absolute atomic E-state index is 13.5. The van der Waals surface area contributed by atoms with Crippen LogP contribution in [0.4, 0.5) is 10.2 Å². The zero-order chi connectivity index (χ0) is 23.8. The lowest BCUT2D eigenvalue weighted by Crippen LogP contribution is -2.43. The van der Waals surface area contributed by atoms with Crippen LogP contribution >= 0.6 is 0 Å². The van der Waals surface area contributed by atoms with Gasteiger partial charge in [-0.15, -0.1) is 0 Å². The summed E-state index contributed by atoms with van der Waals surface area (Å²) < 4.78 is 22.1. The first-order chi connectivity index (χ1) is 16.4. The number of halogens is 1. The Morgan fingerprint density at radius 2 is 2.12 bits per heavy atom. The number of pyridine rings is 2. The van der Waals surface area contributed by atoms with E-state index in [1.807, 2.05) is 13.0 Å². The van der Waals surface area contributed by atoms with E-state index in [4.69, 9.17) is 15.5 Å². The molecule has 0 bridgehead atoms. The van der Waals surface area contributed by atoms with Crippen LogP contribution in [0.25, 0.3) is 16.7 Å². The minimum Gasteiger partial charge on any atom is -0.376 e. The van der Waals surface area contributed by atoms with Gasteiger partial charge in [0.2, 0.25) is 11.5 Å². The van der Waals surface area contributed by atoms with Gasteiger partial charge >= 0.3 is 0 Å². The molecule has 0 saturated carbocycles. The van der Waals surface area contributed by atoms with Crippen molar-refractivity contribution in [3.8, 4) is 0 Å². The smallest absolute Gasteiger partial charge is 0.278 e. The summed E-state index contributed by atoms with van der Waals surface area (Å²) in [6, 6.07) is 11.1. The van der Waals surface area contributed by atoms with E-state index in [2.05, 4.69) is 5.32 Å². The summed E-state index contributed by atoms with van der Waals surface area (Å²) in [6.45, 7) is 3.13. The average molecular weight is 463 g/mol. The highest BCUT2D eigenvalue weighted by Gasteiger charge is 2.26. The molecule has 5 rings (SSSR count). The van der Waals surface area contributed by atoms with Gasteiger partial charge < -0.3 is 15.8 Å². The summed E-state index contributed by atoms with van der Waals surface area (Å²) in [5, 5.41) is 3.14. The monoisotopic (exact) mass is 462 g/mol. The van der Waals surface area contributed by atoms with Crippen LogP contribution in [0.2, 0.25) is 0 Å². The SMILES string of the molecule is Cc1cccn2c(=O)c3cc(C(=O)NC[C@@H]4CCCO4)c(N)[n+](Cc4ccc(F)cc4)c3nc12. The number of aromatic nitrogens is 3. The highest BCUT2D eigenvalue weighted by Crippen LogP contribution is 2.17. The van der Waals surface area contributed by atoms with Gasteiger partial charge in [0.1, 0.15) is 16.8 Å². The molecule has 34 heavy (non-hydrogen) atoms. The van der Waals surface area contributed by atoms with Gasteiger partial charge in [0.25, 0.3) is 17.1 Å². The maximum Gasteiger partial charge on any atom is 0.278 e. The number of fused-ring (bicyclic) bond motifs is 2. The number of ether oxygens (including phenoxy) is 1. The molecule has 0 radical (unpaired) electrons. The molecule has 1 fully saturated rings. The summed E-state index contributed by atoms with van der Waals surface area (Å²) in [5.74, 6) is -0.574. The molecule has 0 unspecified atom stereocenters. The Labute approximate surface area is 194 Å². The molecular formula is C25H25FN5O3+. The molecule has 4 aromatic rings. The Bertz CT molecular complexity index is 1460. The summed E-state index contributed by atoms with van der Waals surface area (Å²) >= 11 is 0. The molecule has 1 aliphatic heterocycles. The lowest BCUT2D eigenvalue weighted by molar-refractivity contribution is -0.649. The Balaban J connectivity index is 1.67. The van der Waals surface area contributed by atoms with Crippen molar-refractivity contribution >= 4 is 28.4 Å². The summed E-state index contributed by atoms with van der Waals surface area (Å²) in [5.41, 5.74) is 8.81. The van der Waals surface area contributed by atoms with Crippen molar-refractivity contribution in [3.63, 3.8) is 0 Å². The topological polar surface area (TPSA) is 103 Å². The van der Waals surface area contributed by atoms with Crippen LogP contribution in [0.15, 0.2) is 53.5 Å². The fraction of sp³-hybridized carbons (Fsp3) is 0.280. The van der Waals surface area contributed by atoms with Crippen molar-refractivity contribution < 1.29 is 18.5 Å². The van der Waals surface area contributed by atoms with Gasteiger partial charge in [-0.25, -0.2) is 8.96 Å². The van der Waals surface area contributed by atoms with E-state index in [9.17, 15) is 14.0 Å². The first-order valence-electron chi connectivity index (χ1n) is 11.2. The van der Waals surface area contributed by atoms with E-state index in [1.54, 1.807) is 29.0 Å². The van der Waals surface area contributed by atoms with E-state index in [0.29, 0.717) is 24.4 Å². The molecule has 3 aromatic heterocycles. The second-order valence-corrected chi connectivity index (χ2v) is 8.54. The summed E-state index contributed by atoms with van der Waals surface area (Å²) in [7, 11) is 0. The number of anilines is 1. The predicted octanol–water partition coefficient (Wildman–Crippen LogP) is 2.12. The number of nitrogens with two attached hydrogens (primary N) is 1. The number of nitrogen functional groups attached to an aromatic ring is 1. The molecule has 8 nitrogen and oxygen atoms in total. The Hall–Kier alpha value is -3.85. The van der Waals surface area contributed by atoms with Gasteiger partial charge in [-0.3, -0.25) is 14.0 Å². The Morgan fingerprint density at radius 1 is 1.32 bits per heavy atom. The van der Waals surface area contributed by atoms with Crippen LogP contribution in [-0.4, -0.2) is 34.5 Å². The van der Waals surface area contributed by atoms with Crippen LogP contribution in [0.3, 0.4) is 0 Å². The molecule has 3 N–H and O–H groups in total. The predicted molar refractivity (Wildman–Crippen MR) is 125 cm³/mol. The third-order valence-corrected chi connectivity index (χ3v) is 6.19. The highest BCUT2D eigenvalue weighted by atomic mass is 19.1. The number of benzene rings is 1. The molecule has 1 saturated heterocycles. The standard InChI is InChI=1S/C25H24FN5O3/c1-15-4-2-10-30-22(15)29-23-20(25(30)33)12-19(24(32)28-13-18-5-3-11-34-18)21(27)31(23)14-16-6-8-17(26)9-7-16/h2,4,6-10,12,18,27H,3,5,11,13-14H2,1H3,(H,28,32)/p+1/t18-/m0/s1. The van der Waals surface area contributed by atoms with Crippen molar-refractivity contribution in [2.75, 3.05) is 18.9 Å². The Kier molecular flexibility index (Phi) is 5.70. The van der Waals surface area contributed by atoms with Crippen LogP contribution in [0.1, 0.15) is 34.3 Å². The van der Waals surface area contributed by atoms with E-state index < -0.39 is 5.91 Å². The number of hydrogen-bond donors (Lipinski definition) is 2. The number of carbonyl (C=O) groups excluding carboxylic acids is 1. The highest BCUT2D eigenvalue weighted by molar-refractivity contribution is 6.00. The van der Waals surface area contributed by atoms with Gasteiger partial charge in [0.05, 0.1) is 12.6 Å². The molecular weight excluding hydrogens is 437 g/mol. The number of amides is 1. The van der Waals surface area contributed by atoms with Crippen LogP contribution in [0, 0.1) is 12.7 Å². The number of hydrogen-bond acceptors (Lipinski definition) is 5. The fourth-order valence-electron chi connectivity index (χ4n) is 4.33. The van der Waals surface area contributed by atoms with Gasteiger partial charge in [-0.1, -0.05) is 23.2 Å². The number of rotatable bonds is 5. The number of carbonyl (C=O) groups is 1. The lowest BCUT2D eigenvalue weighted by Gasteiger charge is -2.14. The largest absolute Gasteiger partial charge is 0.376 e. The second-order valence-electron chi connectivity index (χ2n) is 8.54. The normalized spacial score (nSPS) is 15.8. The minimum absolute atomic E-state index is 0.0313. The molecule has 1 aliphatic rings. The van der Waals surface area contributed by atoms with E-state index in [1.165, 1.54) is 22.6 Å². The van der Waals surface area contributed by atoms with Crippen molar-refractivity contribution in [2.24, 2.45) is 0 Å². The molecule has 0 spiro atoms. The summed E-state index contributed by atoms with van der Waals surface area (Å²) in [6.07, 6.45) is 3.46. The van der Waals surface area contributed by atoms with Crippen molar-refractivity contribution in [2.45, 2.75) is 32.4 Å². The van der Waals surface area contributed by atoms with E-state index in [-0.39, 0.29) is 40.8 Å². The fourth-order valence-corrected chi connectivity index (χ4v) is 4.33. The zero-order valence-corrected chi connectivity index (χ0v) is 18.8. The third-order valence-electron chi connectivity index (χ3n) is 6.19. The van der Waals surface area contributed by atoms with E-state index in [0.717, 1.165) is 24.0 Å². The zero-order valence-electron chi connectivity index (χ0n) is 18.8. The first-order valence-corrected chi connectivity index (χ1v) is 11.2. The first kappa shape index (κ1) is 22.0. The van der Waals surface area contributed by atoms with Gasteiger partial charge in [-0.2, -0.15) is 0 Å². The van der Waals surface area contributed by atoms with Gasteiger partial charge in [-0.05, 0) is 49.6 Å². The van der Waals surface area contributed by atoms with Crippen molar-refractivity contribution in [1.82, 2.24) is 14.7 Å². The van der Waals surface area contributed by atoms with Gasteiger partial charge in [0, 0.05) is 24.9 Å². The summed E-state index contributed by atoms with van der Waals surface area (Å²) in [4.78, 5) is 31.3. The molecule has 1 amide bonds. The Morgan fingerprint density at radius 3 is 2.85 bits per heavy atom. The lowest BCUT2D eigenvalue weighted by atomic mass is 10.1. The van der Waals surface area contributed by atoms with Crippen LogP contribution in [-0.2, 0) is 11.3 Å².